The van der Waals surface area contributed by atoms with Crippen molar-refractivity contribution in [1.82, 2.24) is 0 Å². The Hall–Kier alpha value is -0.760. The Morgan fingerprint density at radius 2 is 1.62 bits per heavy atom. The second-order valence-corrected chi connectivity index (χ2v) is 6.27. The molecule has 112 valence electrons. The Kier molecular flexibility index (Phi) is 5.54. The van der Waals surface area contributed by atoms with Gasteiger partial charge in [-0.1, -0.05) is 41.4 Å². The van der Waals surface area contributed by atoms with Crippen molar-refractivity contribution in [3.05, 3.63) is 70.0 Å². The van der Waals surface area contributed by atoms with Gasteiger partial charge in [-0.25, -0.2) is 4.39 Å². The zero-order valence-corrected chi connectivity index (χ0v) is 13.9. The molecule has 0 aliphatic rings. The highest BCUT2D eigenvalue weighted by Gasteiger charge is 2.31. The SMILES string of the molecule is Cc1ccc(C(CCl)(CCl)Cc2cc(F)ccc2Cl)cc1. The van der Waals surface area contributed by atoms with Crippen LogP contribution in [0.4, 0.5) is 4.39 Å². The molecule has 4 heteroatoms. The maximum Gasteiger partial charge on any atom is 0.123 e. The van der Waals surface area contributed by atoms with Gasteiger partial charge in [-0.15, -0.1) is 23.2 Å². The smallest absolute Gasteiger partial charge is 0.123 e. The molecule has 21 heavy (non-hydrogen) atoms. The summed E-state index contributed by atoms with van der Waals surface area (Å²) in [5, 5.41) is 0.531. The minimum atomic E-state index is -0.464. The fourth-order valence-corrected chi connectivity index (χ4v) is 3.30. The molecule has 0 heterocycles. The van der Waals surface area contributed by atoms with E-state index < -0.39 is 5.41 Å². The molecule has 0 fully saturated rings. The summed E-state index contributed by atoms with van der Waals surface area (Å²) >= 11 is 18.6. The third-order valence-corrected chi connectivity index (χ3v) is 5.10. The van der Waals surface area contributed by atoms with Gasteiger partial charge in [-0.05, 0) is 42.7 Å². The standard InChI is InChI=1S/C17H16Cl3F/c1-12-2-4-14(5-3-12)17(10-18,11-19)9-13-8-15(21)6-7-16(13)20/h2-8H,9-11H2,1H3. The Bertz CT molecular complexity index is 604. The molecular weight excluding hydrogens is 330 g/mol. The van der Waals surface area contributed by atoms with Gasteiger partial charge < -0.3 is 0 Å². The zero-order chi connectivity index (χ0) is 15.5. The Morgan fingerprint density at radius 3 is 2.19 bits per heavy atom. The average molecular weight is 346 g/mol. The first kappa shape index (κ1) is 16.6. The molecule has 0 atom stereocenters. The number of rotatable bonds is 5. The Labute approximate surface area is 139 Å². The van der Waals surface area contributed by atoms with Gasteiger partial charge in [-0.3, -0.25) is 0 Å². The molecule has 0 aliphatic carbocycles. The molecule has 0 amide bonds. The molecule has 2 rings (SSSR count). The summed E-state index contributed by atoms with van der Waals surface area (Å²) in [5.74, 6) is 0.370. The van der Waals surface area contributed by atoms with Crippen molar-refractivity contribution in [2.24, 2.45) is 0 Å². The van der Waals surface area contributed by atoms with Crippen LogP contribution >= 0.6 is 34.8 Å². The lowest BCUT2D eigenvalue weighted by Gasteiger charge is -2.31. The first-order valence-electron chi connectivity index (χ1n) is 6.64. The molecule has 2 aromatic rings. The molecule has 0 N–H and O–H groups in total. The Morgan fingerprint density at radius 1 is 1.00 bits per heavy atom. The van der Waals surface area contributed by atoms with Crippen LogP contribution in [0.5, 0.6) is 0 Å². The molecule has 0 nitrogen and oxygen atoms in total. The third-order valence-electron chi connectivity index (χ3n) is 3.71. The zero-order valence-electron chi connectivity index (χ0n) is 11.7. The summed E-state index contributed by atoms with van der Waals surface area (Å²) < 4.78 is 13.5. The summed E-state index contributed by atoms with van der Waals surface area (Å²) in [4.78, 5) is 0. The van der Waals surface area contributed by atoms with Gasteiger partial charge in [0.05, 0.1) is 0 Å². The molecule has 0 bridgehead atoms. The van der Waals surface area contributed by atoms with Crippen molar-refractivity contribution in [2.75, 3.05) is 11.8 Å². The highest BCUT2D eigenvalue weighted by Crippen LogP contribution is 2.34. The van der Waals surface area contributed by atoms with E-state index in [0.29, 0.717) is 23.2 Å². The first-order chi connectivity index (χ1) is 10.0. The van der Waals surface area contributed by atoms with Gasteiger partial charge in [0.15, 0.2) is 0 Å². The second-order valence-electron chi connectivity index (χ2n) is 5.33. The summed E-state index contributed by atoms with van der Waals surface area (Å²) in [5.41, 5.74) is 2.46. The van der Waals surface area contributed by atoms with E-state index in [1.165, 1.54) is 17.7 Å². The van der Waals surface area contributed by atoms with Crippen molar-refractivity contribution >= 4 is 34.8 Å². The highest BCUT2D eigenvalue weighted by molar-refractivity contribution is 6.31. The van der Waals surface area contributed by atoms with Crippen LogP contribution in [0.3, 0.4) is 0 Å². The second kappa shape index (κ2) is 7.00. The minimum Gasteiger partial charge on any atom is -0.207 e. The predicted octanol–water partition coefficient (Wildman–Crippen LogP) is 5.75. The van der Waals surface area contributed by atoms with Crippen LogP contribution in [0, 0.1) is 12.7 Å². The molecule has 2 aromatic carbocycles. The van der Waals surface area contributed by atoms with Gasteiger partial charge in [0.1, 0.15) is 5.82 Å². The maximum atomic E-state index is 13.5. The number of benzene rings is 2. The molecule has 0 saturated heterocycles. The topological polar surface area (TPSA) is 0 Å². The number of hydrogen-bond donors (Lipinski definition) is 0. The van der Waals surface area contributed by atoms with Crippen molar-refractivity contribution in [3.63, 3.8) is 0 Å². The van der Waals surface area contributed by atoms with E-state index in [1.807, 2.05) is 31.2 Å². The van der Waals surface area contributed by atoms with Crippen LogP contribution in [0.15, 0.2) is 42.5 Å². The van der Waals surface area contributed by atoms with E-state index in [2.05, 4.69) is 0 Å². The van der Waals surface area contributed by atoms with Crippen molar-refractivity contribution in [1.29, 1.82) is 0 Å². The van der Waals surface area contributed by atoms with E-state index in [9.17, 15) is 4.39 Å². The van der Waals surface area contributed by atoms with Crippen LogP contribution in [-0.2, 0) is 11.8 Å². The lowest BCUT2D eigenvalue weighted by Crippen LogP contribution is -2.33. The van der Waals surface area contributed by atoms with E-state index >= 15 is 0 Å². The Balaban J connectivity index is 2.42. The van der Waals surface area contributed by atoms with E-state index in [-0.39, 0.29) is 5.82 Å². The normalized spacial score (nSPS) is 11.7. The fourth-order valence-electron chi connectivity index (χ4n) is 2.34. The monoisotopic (exact) mass is 344 g/mol. The summed E-state index contributed by atoms with van der Waals surface area (Å²) in [7, 11) is 0. The van der Waals surface area contributed by atoms with Crippen molar-refractivity contribution in [2.45, 2.75) is 18.8 Å². The van der Waals surface area contributed by atoms with E-state index in [4.69, 9.17) is 34.8 Å². The van der Waals surface area contributed by atoms with E-state index in [1.54, 1.807) is 6.07 Å². The quantitative estimate of drug-likeness (QED) is 0.606. The first-order valence-corrected chi connectivity index (χ1v) is 8.08. The van der Waals surface area contributed by atoms with Gasteiger partial charge in [0.25, 0.3) is 0 Å². The van der Waals surface area contributed by atoms with Crippen molar-refractivity contribution < 1.29 is 4.39 Å². The minimum absolute atomic E-state index is 0.309. The van der Waals surface area contributed by atoms with Gasteiger partial charge in [-0.2, -0.15) is 0 Å². The summed E-state index contributed by atoms with van der Waals surface area (Å²) in [6.07, 6.45) is 0.500. The lowest BCUT2D eigenvalue weighted by atomic mass is 9.78. The lowest BCUT2D eigenvalue weighted by molar-refractivity contribution is 0.533. The van der Waals surface area contributed by atoms with Crippen molar-refractivity contribution in [3.8, 4) is 0 Å². The van der Waals surface area contributed by atoms with Crippen LogP contribution in [-0.4, -0.2) is 11.8 Å². The number of halogens is 4. The summed E-state index contributed by atoms with van der Waals surface area (Å²) in [6, 6.07) is 12.5. The highest BCUT2D eigenvalue weighted by atomic mass is 35.5. The molecule has 0 spiro atoms. The molecule has 0 aromatic heterocycles. The average Bonchev–Trinajstić information content (AvgIpc) is 2.49. The maximum absolute atomic E-state index is 13.5. The number of aryl methyl sites for hydroxylation is 1. The van der Waals surface area contributed by atoms with Crippen LogP contribution in [0.1, 0.15) is 16.7 Å². The molecule has 0 aliphatic heterocycles. The predicted molar refractivity (Wildman–Crippen MR) is 89.4 cm³/mol. The molecule has 0 saturated carbocycles. The van der Waals surface area contributed by atoms with Crippen LogP contribution < -0.4 is 0 Å². The third kappa shape index (κ3) is 3.71. The number of alkyl halides is 2. The molecular formula is C17H16Cl3F. The van der Waals surface area contributed by atoms with Gasteiger partial charge >= 0.3 is 0 Å². The van der Waals surface area contributed by atoms with Gasteiger partial charge in [0, 0.05) is 22.2 Å². The number of hydrogen-bond acceptors (Lipinski definition) is 0. The summed E-state index contributed by atoms with van der Waals surface area (Å²) in [6.45, 7) is 2.02. The van der Waals surface area contributed by atoms with Crippen LogP contribution in [0.2, 0.25) is 5.02 Å². The molecule has 0 unspecified atom stereocenters. The van der Waals surface area contributed by atoms with Crippen LogP contribution in [0.25, 0.3) is 0 Å². The largest absolute Gasteiger partial charge is 0.207 e. The fraction of sp³-hybridized carbons (Fsp3) is 0.294. The molecule has 0 radical (unpaired) electrons. The van der Waals surface area contributed by atoms with Gasteiger partial charge in [0.2, 0.25) is 0 Å². The van der Waals surface area contributed by atoms with E-state index in [0.717, 1.165) is 11.1 Å².